The van der Waals surface area contributed by atoms with E-state index in [9.17, 15) is 9.90 Å². The largest absolute Gasteiger partial charge is 0.508 e. The zero-order valence-corrected chi connectivity index (χ0v) is 19.7. The number of hydrogen-bond donors (Lipinski definition) is 2. The summed E-state index contributed by atoms with van der Waals surface area (Å²) in [6.45, 7) is 7.55. The van der Waals surface area contributed by atoms with Crippen LogP contribution in [0.3, 0.4) is 0 Å². The molecule has 1 saturated heterocycles. The van der Waals surface area contributed by atoms with Crippen molar-refractivity contribution in [3.8, 4) is 11.8 Å². The molecule has 0 atom stereocenters. The number of aromatic nitrogens is 2. The van der Waals surface area contributed by atoms with Crippen LogP contribution in [0.15, 0.2) is 49.1 Å². The Morgan fingerprint density at radius 2 is 1.91 bits per heavy atom. The molecule has 176 valence electrons. The van der Waals surface area contributed by atoms with Gasteiger partial charge in [0.2, 0.25) is 5.91 Å². The molecule has 1 amide bonds. The van der Waals surface area contributed by atoms with Crippen LogP contribution in [0.1, 0.15) is 11.3 Å². The SMILES string of the molecule is C=CC(=O)N1CCN(c2nc(OCS)nc3c2CCN(c2cc(O)cc4ccccc24)C3)CC1. The number of piperazine rings is 1. The van der Waals surface area contributed by atoms with E-state index in [1.165, 1.54) is 6.08 Å². The van der Waals surface area contributed by atoms with Gasteiger partial charge in [-0.2, -0.15) is 9.97 Å². The quantitative estimate of drug-likeness (QED) is 0.332. The minimum atomic E-state index is -0.0440. The van der Waals surface area contributed by atoms with Gasteiger partial charge in [-0.15, -0.1) is 12.6 Å². The van der Waals surface area contributed by atoms with Gasteiger partial charge in [-0.25, -0.2) is 0 Å². The van der Waals surface area contributed by atoms with Crippen LogP contribution in [-0.4, -0.2) is 64.5 Å². The molecule has 0 radical (unpaired) electrons. The number of carbonyl (C=O) groups is 1. The highest BCUT2D eigenvalue weighted by atomic mass is 32.1. The highest BCUT2D eigenvalue weighted by Crippen LogP contribution is 2.36. The molecule has 8 nitrogen and oxygen atoms in total. The molecule has 0 bridgehead atoms. The van der Waals surface area contributed by atoms with Crippen molar-refractivity contribution >= 4 is 40.8 Å². The molecule has 0 unspecified atom stereocenters. The predicted octanol–water partition coefficient (Wildman–Crippen LogP) is 3.00. The van der Waals surface area contributed by atoms with Crippen molar-refractivity contribution in [2.45, 2.75) is 13.0 Å². The molecule has 1 N–H and O–H groups in total. The molecule has 3 heterocycles. The summed E-state index contributed by atoms with van der Waals surface area (Å²) in [5, 5.41) is 12.4. The molecule has 0 spiro atoms. The van der Waals surface area contributed by atoms with Gasteiger partial charge < -0.3 is 24.5 Å². The standard InChI is InChI=1S/C25H27N5O3S/c1-2-23(32)28-9-11-29(12-10-28)24-20-7-8-30(15-21(20)26-25(27-24)33-16-34)22-14-18(31)13-17-5-3-4-6-19(17)22/h2-6,13-14,31,34H,1,7-12,15-16H2. The van der Waals surface area contributed by atoms with E-state index in [1.54, 1.807) is 11.0 Å². The number of hydrogen-bond acceptors (Lipinski definition) is 8. The van der Waals surface area contributed by atoms with Gasteiger partial charge in [-0.05, 0) is 23.9 Å². The van der Waals surface area contributed by atoms with Crippen LogP contribution >= 0.6 is 12.6 Å². The molecule has 2 aromatic carbocycles. The van der Waals surface area contributed by atoms with E-state index in [0.29, 0.717) is 38.7 Å². The zero-order valence-electron chi connectivity index (χ0n) is 18.9. The van der Waals surface area contributed by atoms with E-state index in [4.69, 9.17) is 14.7 Å². The summed E-state index contributed by atoms with van der Waals surface area (Å²) < 4.78 is 5.59. The van der Waals surface area contributed by atoms with Crippen molar-refractivity contribution in [1.29, 1.82) is 0 Å². The van der Waals surface area contributed by atoms with Crippen molar-refractivity contribution in [3.63, 3.8) is 0 Å². The highest BCUT2D eigenvalue weighted by Gasteiger charge is 2.29. The number of benzene rings is 2. The lowest BCUT2D eigenvalue weighted by atomic mass is 10.0. The Morgan fingerprint density at radius 3 is 2.68 bits per heavy atom. The summed E-state index contributed by atoms with van der Waals surface area (Å²) in [4.78, 5) is 27.6. The topological polar surface area (TPSA) is 82.0 Å². The van der Waals surface area contributed by atoms with Gasteiger partial charge in [0.1, 0.15) is 17.5 Å². The molecule has 0 aliphatic carbocycles. The normalized spacial score (nSPS) is 15.9. The Hall–Kier alpha value is -3.46. The zero-order chi connectivity index (χ0) is 23.7. The van der Waals surface area contributed by atoms with E-state index in [0.717, 1.165) is 46.5 Å². The van der Waals surface area contributed by atoms with Gasteiger partial charge in [0, 0.05) is 55.4 Å². The lowest BCUT2D eigenvalue weighted by Gasteiger charge is -2.38. The van der Waals surface area contributed by atoms with E-state index in [-0.39, 0.29) is 17.6 Å². The average Bonchev–Trinajstić information content (AvgIpc) is 2.87. The average molecular weight is 478 g/mol. The number of nitrogens with zero attached hydrogens (tertiary/aromatic N) is 5. The number of thiol groups is 1. The summed E-state index contributed by atoms with van der Waals surface area (Å²) in [6, 6.07) is 12.0. The molecule has 9 heteroatoms. The molecule has 1 aromatic heterocycles. The van der Waals surface area contributed by atoms with Crippen LogP contribution in [0.4, 0.5) is 11.5 Å². The first-order chi connectivity index (χ1) is 16.6. The number of rotatable bonds is 5. The van der Waals surface area contributed by atoms with E-state index in [1.807, 2.05) is 24.3 Å². The first-order valence-corrected chi connectivity index (χ1v) is 12.0. The minimum Gasteiger partial charge on any atom is -0.508 e. The summed E-state index contributed by atoms with van der Waals surface area (Å²) in [5.74, 6) is 1.25. The third-order valence-electron chi connectivity index (χ3n) is 6.45. The van der Waals surface area contributed by atoms with Crippen LogP contribution in [0, 0.1) is 0 Å². The monoisotopic (exact) mass is 477 g/mol. The van der Waals surface area contributed by atoms with Crippen LogP contribution in [0.25, 0.3) is 10.8 Å². The first-order valence-electron chi connectivity index (χ1n) is 11.3. The van der Waals surface area contributed by atoms with Crippen LogP contribution in [0.2, 0.25) is 0 Å². The molecule has 34 heavy (non-hydrogen) atoms. The Labute approximate surface area is 203 Å². The van der Waals surface area contributed by atoms with Gasteiger partial charge in [0.25, 0.3) is 0 Å². The maximum Gasteiger partial charge on any atom is 0.319 e. The lowest BCUT2D eigenvalue weighted by molar-refractivity contribution is -0.126. The fraction of sp³-hybridized carbons (Fsp3) is 0.320. The second kappa shape index (κ2) is 9.42. The number of anilines is 2. The minimum absolute atomic E-state index is 0.0440. The number of aromatic hydroxyl groups is 1. The van der Waals surface area contributed by atoms with Gasteiger partial charge in [0.15, 0.2) is 0 Å². The Balaban J connectivity index is 1.47. The van der Waals surface area contributed by atoms with Crippen LogP contribution < -0.4 is 14.5 Å². The summed E-state index contributed by atoms with van der Waals surface area (Å²) >= 11 is 4.18. The number of carbonyl (C=O) groups excluding carboxylic acids is 1. The Morgan fingerprint density at radius 1 is 1.12 bits per heavy atom. The fourth-order valence-electron chi connectivity index (χ4n) is 4.78. The smallest absolute Gasteiger partial charge is 0.319 e. The predicted molar refractivity (Wildman–Crippen MR) is 136 cm³/mol. The number of phenols is 1. The third-order valence-corrected chi connectivity index (χ3v) is 6.58. The summed E-state index contributed by atoms with van der Waals surface area (Å²) in [5.41, 5.74) is 3.00. The highest BCUT2D eigenvalue weighted by molar-refractivity contribution is 7.80. The van der Waals surface area contributed by atoms with Gasteiger partial charge in [-0.3, -0.25) is 4.79 Å². The maximum atomic E-state index is 12.0. The molecular weight excluding hydrogens is 450 g/mol. The number of ether oxygens (including phenoxy) is 1. The fourth-order valence-corrected chi connectivity index (χ4v) is 4.90. The second-order valence-electron chi connectivity index (χ2n) is 8.40. The lowest BCUT2D eigenvalue weighted by Crippen LogP contribution is -2.49. The van der Waals surface area contributed by atoms with Gasteiger partial charge in [-0.1, -0.05) is 30.8 Å². The Bertz CT molecular complexity index is 1240. The third kappa shape index (κ3) is 4.23. The molecular formula is C25H27N5O3S. The van der Waals surface area contributed by atoms with Crippen LogP contribution in [-0.2, 0) is 17.8 Å². The second-order valence-corrected chi connectivity index (χ2v) is 8.66. The van der Waals surface area contributed by atoms with Gasteiger partial charge >= 0.3 is 6.01 Å². The molecule has 2 aliphatic rings. The number of amides is 1. The van der Waals surface area contributed by atoms with E-state index >= 15 is 0 Å². The molecule has 1 fully saturated rings. The first kappa shape index (κ1) is 22.3. The Kier molecular flexibility index (Phi) is 6.19. The molecule has 2 aliphatic heterocycles. The van der Waals surface area contributed by atoms with Crippen molar-refractivity contribution in [1.82, 2.24) is 14.9 Å². The van der Waals surface area contributed by atoms with Crippen LogP contribution in [0.5, 0.6) is 11.8 Å². The van der Waals surface area contributed by atoms with E-state index in [2.05, 4.69) is 35.1 Å². The molecule has 0 saturated carbocycles. The number of phenolic OH excluding ortho intramolecular Hbond substituents is 1. The summed E-state index contributed by atoms with van der Waals surface area (Å²) in [7, 11) is 0. The van der Waals surface area contributed by atoms with Crippen molar-refractivity contribution in [2.24, 2.45) is 0 Å². The maximum absolute atomic E-state index is 12.0. The van der Waals surface area contributed by atoms with E-state index < -0.39 is 0 Å². The van der Waals surface area contributed by atoms with Crippen molar-refractivity contribution < 1.29 is 14.6 Å². The summed E-state index contributed by atoms with van der Waals surface area (Å²) in [6.07, 6.45) is 2.13. The number of fused-ring (bicyclic) bond motifs is 2. The van der Waals surface area contributed by atoms with Gasteiger partial charge in [0.05, 0.1) is 12.2 Å². The molecule has 5 rings (SSSR count). The molecule has 3 aromatic rings. The van der Waals surface area contributed by atoms with Crippen molar-refractivity contribution in [2.75, 3.05) is 48.5 Å². The van der Waals surface area contributed by atoms with Crippen molar-refractivity contribution in [3.05, 3.63) is 60.3 Å².